The summed E-state index contributed by atoms with van der Waals surface area (Å²) in [4.78, 5) is 18.0. The predicted octanol–water partition coefficient (Wildman–Crippen LogP) is 2.31. The number of guanidine groups is 1. The quantitative estimate of drug-likeness (QED) is 0.323. The molecular weight excluding hydrogens is 471 g/mol. The van der Waals surface area contributed by atoms with Gasteiger partial charge in [0.15, 0.2) is 5.96 Å². The summed E-state index contributed by atoms with van der Waals surface area (Å²) in [5.41, 5.74) is 2.17. The Morgan fingerprint density at radius 1 is 1.36 bits per heavy atom. The summed E-state index contributed by atoms with van der Waals surface area (Å²) in [6.45, 7) is 6.99. The molecule has 7 nitrogen and oxygen atoms in total. The smallest absolute Gasteiger partial charge is 0.241 e. The van der Waals surface area contributed by atoms with Gasteiger partial charge in [-0.15, -0.1) is 24.0 Å². The highest BCUT2D eigenvalue weighted by Gasteiger charge is 2.18. The minimum absolute atomic E-state index is 0. The zero-order chi connectivity index (χ0) is 19.6. The maximum atomic E-state index is 11.8. The average molecular weight is 504 g/mol. The number of benzene rings is 1. The highest BCUT2D eigenvalue weighted by molar-refractivity contribution is 14.0. The van der Waals surface area contributed by atoms with Gasteiger partial charge in [-0.1, -0.05) is 19.1 Å². The van der Waals surface area contributed by atoms with Crippen molar-refractivity contribution < 1.29 is 14.3 Å². The standard InChI is InChI=1S/C20H32N4O3.HI/c1-5-9-21-20(23-13-19(25)24(3)4)22-12-16-7-6-15(2)11-18(16)27-17-8-10-26-14-17;/h6-7,11,17H,5,8-10,12-14H2,1-4H3,(H2,21,22,23);1H. The second-order valence-electron chi connectivity index (χ2n) is 6.95. The van der Waals surface area contributed by atoms with Crippen molar-refractivity contribution in [2.24, 2.45) is 4.99 Å². The van der Waals surface area contributed by atoms with Crippen LogP contribution in [0.3, 0.4) is 0 Å². The van der Waals surface area contributed by atoms with Crippen molar-refractivity contribution in [3.05, 3.63) is 29.3 Å². The highest BCUT2D eigenvalue weighted by Crippen LogP contribution is 2.24. The molecule has 0 aliphatic carbocycles. The summed E-state index contributed by atoms with van der Waals surface area (Å²) in [5.74, 6) is 1.48. The van der Waals surface area contributed by atoms with E-state index in [2.05, 4.69) is 28.6 Å². The molecule has 1 aromatic carbocycles. The molecule has 1 aliphatic heterocycles. The van der Waals surface area contributed by atoms with Gasteiger partial charge in [0.05, 0.1) is 26.3 Å². The van der Waals surface area contributed by atoms with E-state index in [-0.39, 0.29) is 42.5 Å². The second kappa shape index (κ2) is 12.8. The Morgan fingerprint density at radius 2 is 2.14 bits per heavy atom. The first kappa shape index (κ1) is 24.5. The summed E-state index contributed by atoms with van der Waals surface area (Å²) < 4.78 is 11.5. The summed E-state index contributed by atoms with van der Waals surface area (Å²) in [5, 5.41) is 6.34. The molecule has 158 valence electrons. The molecule has 0 spiro atoms. The number of aliphatic imine (C=N–C) groups is 1. The Labute approximate surface area is 185 Å². The van der Waals surface area contributed by atoms with E-state index in [0.29, 0.717) is 19.1 Å². The summed E-state index contributed by atoms with van der Waals surface area (Å²) in [7, 11) is 3.48. The Morgan fingerprint density at radius 3 is 2.79 bits per heavy atom. The first-order chi connectivity index (χ1) is 13.0. The maximum absolute atomic E-state index is 11.8. The molecule has 1 fully saturated rings. The number of nitrogens with zero attached hydrogens (tertiary/aromatic N) is 2. The number of likely N-dealkylation sites (N-methyl/N-ethyl adjacent to an activating group) is 1. The van der Waals surface area contributed by atoms with Gasteiger partial charge in [0, 0.05) is 32.6 Å². The number of rotatable bonds is 8. The average Bonchev–Trinajstić information content (AvgIpc) is 3.15. The predicted molar refractivity (Wildman–Crippen MR) is 123 cm³/mol. The van der Waals surface area contributed by atoms with Gasteiger partial charge >= 0.3 is 0 Å². The van der Waals surface area contributed by atoms with Gasteiger partial charge in [-0.3, -0.25) is 4.79 Å². The molecule has 8 heteroatoms. The summed E-state index contributed by atoms with van der Waals surface area (Å²) in [6, 6.07) is 6.16. The van der Waals surface area contributed by atoms with Gasteiger partial charge in [-0.05, 0) is 25.0 Å². The molecule has 2 rings (SSSR count). The molecule has 0 aromatic heterocycles. The molecule has 1 aliphatic rings. The number of ether oxygens (including phenoxy) is 2. The zero-order valence-corrected chi connectivity index (χ0v) is 19.6. The molecular formula is C20H33IN4O3. The molecule has 1 aromatic rings. The molecule has 1 amide bonds. The van der Waals surface area contributed by atoms with Crippen molar-refractivity contribution in [3.63, 3.8) is 0 Å². The van der Waals surface area contributed by atoms with Crippen LogP contribution in [0.4, 0.5) is 0 Å². The van der Waals surface area contributed by atoms with Crippen LogP contribution >= 0.6 is 24.0 Å². The van der Waals surface area contributed by atoms with E-state index in [1.807, 2.05) is 19.1 Å². The van der Waals surface area contributed by atoms with Crippen LogP contribution in [0.2, 0.25) is 0 Å². The van der Waals surface area contributed by atoms with E-state index in [1.165, 1.54) is 0 Å². The SMILES string of the molecule is CCCNC(=NCc1ccc(C)cc1OC1CCOC1)NCC(=O)N(C)C.I. The van der Waals surface area contributed by atoms with Gasteiger partial charge in [-0.2, -0.15) is 0 Å². The zero-order valence-electron chi connectivity index (χ0n) is 17.3. The molecule has 1 unspecified atom stereocenters. The van der Waals surface area contributed by atoms with E-state index in [4.69, 9.17) is 9.47 Å². The van der Waals surface area contributed by atoms with Gasteiger partial charge in [0.25, 0.3) is 0 Å². The molecule has 28 heavy (non-hydrogen) atoms. The van der Waals surface area contributed by atoms with E-state index in [0.717, 1.165) is 42.9 Å². The van der Waals surface area contributed by atoms with Crippen LogP contribution in [0.5, 0.6) is 5.75 Å². The number of aryl methyl sites for hydroxylation is 1. The van der Waals surface area contributed by atoms with Gasteiger partial charge in [0.1, 0.15) is 11.9 Å². The molecule has 1 atom stereocenters. The summed E-state index contributed by atoms with van der Waals surface area (Å²) >= 11 is 0. The lowest BCUT2D eigenvalue weighted by molar-refractivity contribution is -0.127. The third kappa shape index (κ3) is 8.22. The largest absolute Gasteiger partial charge is 0.488 e. The van der Waals surface area contributed by atoms with Crippen molar-refractivity contribution >= 4 is 35.8 Å². The first-order valence-corrected chi connectivity index (χ1v) is 9.56. The van der Waals surface area contributed by atoms with Crippen molar-refractivity contribution in [3.8, 4) is 5.75 Å². The molecule has 0 bridgehead atoms. The van der Waals surface area contributed by atoms with E-state index in [1.54, 1.807) is 19.0 Å². The Hall–Kier alpha value is -1.55. The Kier molecular flexibility index (Phi) is 11.2. The normalized spacial score (nSPS) is 16.3. The number of hydrogen-bond donors (Lipinski definition) is 2. The van der Waals surface area contributed by atoms with E-state index < -0.39 is 0 Å². The van der Waals surface area contributed by atoms with Crippen LogP contribution in [0.15, 0.2) is 23.2 Å². The number of nitrogens with one attached hydrogen (secondary N) is 2. The Balaban J connectivity index is 0.00000392. The number of carbonyl (C=O) groups excluding carboxylic acids is 1. The number of halogens is 1. The van der Waals surface area contributed by atoms with Crippen LogP contribution in [-0.2, 0) is 16.1 Å². The second-order valence-corrected chi connectivity index (χ2v) is 6.95. The minimum atomic E-state index is 0. The van der Waals surface area contributed by atoms with E-state index in [9.17, 15) is 4.79 Å². The monoisotopic (exact) mass is 504 g/mol. The van der Waals surface area contributed by atoms with Crippen molar-refractivity contribution in [2.75, 3.05) is 40.4 Å². The highest BCUT2D eigenvalue weighted by atomic mass is 127. The Bertz CT molecular complexity index is 646. The van der Waals surface area contributed by atoms with Crippen LogP contribution in [0.25, 0.3) is 0 Å². The van der Waals surface area contributed by atoms with Crippen LogP contribution in [0.1, 0.15) is 30.9 Å². The van der Waals surface area contributed by atoms with Gasteiger partial charge in [-0.25, -0.2) is 4.99 Å². The van der Waals surface area contributed by atoms with Crippen molar-refractivity contribution in [1.82, 2.24) is 15.5 Å². The summed E-state index contributed by atoms with van der Waals surface area (Å²) in [6.07, 6.45) is 1.99. The molecule has 0 radical (unpaired) electrons. The van der Waals surface area contributed by atoms with Crippen LogP contribution < -0.4 is 15.4 Å². The van der Waals surface area contributed by atoms with Crippen LogP contribution in [0, 0.1) is 6.92 Å². The fourth-order valence-corrected chi connectivity index (χ4v) is 2.59. The molecule has 1 heterocycles. The van der Waals surface area contributed by atoms with Crippen molar-refractivity contribution in [1.29, 1.82) is 0 Å². The fourth-order valence-electron chi connectivity index (χ4n) is 2.59. The molecule has 2 N–H and O–H groups in total. The lowest BCUT2D eigenvalue weighted by Gasteiger charge is -2.17. The molecule has 1 saturated heterocycles. The van der Waals surface area contributed by atoms with Crippen LogP contribution in [-0.4, -0.2) is 63.3 Å². The van der Waals surface area contributed by atoms with Gasteiger partial charge in [0.2, 0.25) is 5.91 Å². The lowest BCUT2D eigenvalue weighted by Crippen LogP contribution is -2.43. The van der Waals surface area contributed by atoms with E-state index >= 15 is 0 Å². The topological polar surface area (TPSA) is 75.2 Å². The number of hydrogen-bond acceptors (Lipinski definition) is 4. The van der Waals surface area contributed by atoms with Crippen molar-refractivity contribution in [2.45, 2.75) is 39.3 Å². The first-order valence-electron chi connectivity index (χ1n) is 9.56. The fraction of sp³-hybridized carbons (Fsp3) is 0.600. The lowest BCUT2D eigenvalue weighted by atomic mass is 10.1. The number of carbonyl (C=O) groups is 1. The molecule has 0 saturated carbocycles. The number of amides is 1. The third-order valence-electron chi connectivity index (χ3n) is 4.26. The minimum Gasteiger partial charge on any atom is -0.488 e. The maximum Gasteiger partial charge on any atom is 0.241 e. The van der Waals surface area contributed by atoms with Gasteiger partial charge < -0.3 is 25.0 Å². The third-order valence-corrected chi connectivity index (χ3v) is 4.26.